The van der Waals surface area contributed by atoms with Crippen LogP contribution in [-0.4, -0.2) is 5.60 Å². The molecule has 2 aromatic rings. The van der Waals surface area contributed by atoms with Crippen LogP contribution in [0.4, 0.5) is 5.69 Å². The summed E-state index contributed by atoms with van der Waals surface area (Å²) >= 11 is 0. The van der Waals surface area contributed by atoms with Gasteiger partial charge in [-0.15, -0.1) is 0 Å². The fourth-order valence-electron chi connectivity index (χ4n) is 1.84. The van der Waals surface area contributed by atoms with Crippen LogP contribution in [0.5, 0.6) is 5.75 Å². The number of hydrazine groups is 1. The van der Waals surface area contributed by atoms with E-state index in [1.807, 2.05) is 42.5 Å². The molecule has 0 saturated carbocycles. The third-order valence-electron chi connectivity index (χ3n) is 2.62. The lowest BCUT2D eigenvalue weighted by atomic mass is 10.1. The molecule has 0 heterocycles. The van der Waals surface area contributed by atoms with Gasteiger partial charge in [-0.1, -0.05) is 30.3 Å². The van der Waals surface area contributed by atoms with E-state index in [0.717, 1.165) is 18.0 Å². The quantitative estimate of drug-likeness (QED) is 0.806. The van der Waals surface area contributed by atoms with Gasteiger partial charge in [0.2, 0.25) is 0 Å². The molecule has 0 fully saturated rings. The fourth-order valence-corrected chi connectivity index (χ4v) is 1.84. The third-order valence-corrected chi connectivity index (χ3v) is 2.62. The minimum Gasteiger partial charge on any atom is -0.488 e. The van der Waals surface area contributed by atoms with Crippen molar-refractivity contribution in [1.29, 1.82) is 0 Å². The van der Waals surface area contributed by atoms with Crippen molar-refractivity contribution >= 4 is 5.69 Å². The maximum atomic E-state index is 5.86. The highest BCUT2D eigenvalue weighted by Gasteiger charge is 2.11. The summed E-state index contributed by atoms with van der Waals surface area (Å²) in [6, 6.07) is 18.2. The molecule has 2 aromatic carbocycles. The summed E-state index contributed by atoms with van der Waals surface area (Å²) in [5, 5.41) is 0. The molecule has 0 aliphatic heterocycles. The third kappa shape index (κ3) is 4.94. The van der Waals surface area contributed by atoms with Crippen molar-refractivity contribution in [3.8, 4) is 5.75 Å². The molecule has 106 valence electrons. The lowest BCUT2D eigenvalue weighted by molar-refractivity contribution is 0.131. The average Bonchev–Trinajstić information content (AvgIpc) is 2.38. The maximum Gasteiger partial charge on any atom is 0.120 e. The molecule has 0 aromatic heterocycles. The number of benzene rings is 2. The predicted octanol–water partition coefficient (Wildman–Crippen LogP) is 3.98. The molecule has 0 atom stereocenters. The topological polar surface area (TPSA) is 33.3 Å². The Kier molecular flexibility index (Phi) is 4.64. The molecule has 2 N–H and O–H groups in total. The number of ether oxygens (including phenoxy) is 1. The van der Waals surface area contributed by atoms with E-state index in [4.69, 9.17) is 4.74 Å². The number of hydrogen-bond donors (Lipinski definition) is 2. The molecule has 2 rings (SSSR count). The highest BCUT2D eigenvalue weighted by molar-refractivity contribution is 5.41. The molecule has 0 unspecified atom stereocenters. The van der Waals surface area contributed by atoms with Gasteiger partial charge in [0.15, 0.2) is 0 Å². The van der Waals surface area contributed by atoms with E-state index in [2.05, 4.69) is 43.8 Å². The Labute approximate surface area is 120 Å². The molecule has 20 heavy (non-hydrogen) atoms. The molecule has 3 nitrogen and oxygen atoms in total. The van der Waals surface area contributed by atoms with Crippen molar-refractivity contribution in [2.45, 2.75) is 32.9 Å². The van der Waals surface area contributed by atoms with Gasteiger partial charge >= 0.3 is 0 Å². The summed E-state index contributed by atoms with van der Waals surface area (Å²) in [7, 11) is 0. The largest absolute Gasteiger partial charge is 0.488 e. The first-order chi connectivity index (χ1) is 9.53. The molecule has 0 saturated heterocycles. The summed E-state index contributed by atoms with van der Waals surface area (Å²) in [5.41, 5.74) is 8.43. The van der Waals surface area contributed by atoms with Crippen LogP contribution in [0, 0.1) is 0 Å². The normalized spacial score (nSPS) is 11.2. The second-order valence-corrected chi connectivity index (χ2v) is 5.71. The summed E-state index contributed by atoms with van der Waals surface area (Å²) in [4.78, 5) is 0. The van der Waals surface area contributed by atoms with Crippen LogP contribution in [0.1, 0.15) is 26.3 Å². The van der Waals surface area contributed by atoms with Crippen molar-refractivity contribution in [1.82, 2.24) is 5.43 Å². The minimum absolute atomic E-state index is 0.172. The molecule has 0 aliphatic carbocycles. The van der Waals surface area contributed by atoms with Crippen molar-refractivity contribution in [3.05, 3.63) is 60.2 Å². The van der Waals surface area contributed by atoms with E-state index in [1.54, 1.807) is 0 Å². The number of rotatable bonds is 5. The van der Waals surface area contributed by atoms with Crippen LogP contribution in [0.15, 0.2) is 54.6 Å². The number of para-hydroxylation sites is 1. The summed E-state index contributed by atoms with van der Waals surface area (Å²) < 4.78 is 5.86. The highest BCUT2D eigenvalue weighted by Crippen LogP contribution is 2.19. The van der Waals surface area contributed by atoms with Crippen molar-refractivity contribution in [3.63, 3.8) is 0 Å². The zero-order valence-electron chi connectivity index (χ0n) is 12.3. The van der Waals surface area contributed by atoms with Crippen LogP contribution in [0.3, 0.4) is 0 Å². The lowest BCUT2D eigenvalue weighted by Gasteiger charge is -2.21. The number of anilines is 1. The Morgan fingerprint density at radius 3 is 2.40 bits per heavy atom. The van der Waals surface area contributed by atoms with Crippen LogP contribution in [0.2, 0.25) is 0 Å². The standard InChI is InChI=1S/C17H22N2O/c1-17(2,3)20-16-11-7-8-14(12-16)13-18-19-15-9-5-4-6-10-15/h4-12,18-19H,13H2,1-3H3. The van der Waals surface area contributed by atoms with Gasteiger partial charge in [-0.3, -0.25) is 0 Å². The van der Waals surface area contributed by atoms with E-state index in [1.165, 1.54) is 5.56 Å². The number of nitrogens with one attached hydrogen (secondary N) is 2. The second kappa shape index (κ2) is 6.44. The van der Waals surface area contributed by atoms with E-state index in [9.17, 15) is 0 Å². The number of hydrogen-bond acceptors (Lipinski definition) is 3. The van der Waals surface area contributed by atoms with Gasteiger partial charge < -0.3 is 10.2 Å². The molecule has 0 amide bonds. The van der Waals surface area contributed by atoms with Crippen LogP contribution < -0.4 is 15.6 Å². The van der Waals surface area contributed by atoms with E-state index in [-0.39, 0.29) is 5.60 Å². The molecular weight excluding hydrogens is 248 g/mol. The summed E-state index contributed by atoms with van der Waals surface area (Å²) in [6.45, 7) is 6.88. The SMILES string of the molecule is CC(C)(C)Oc1cccc(CNNc2ccccc2)c1. The van der Waals surface area contributed by atoms with Gasteiger partial charge in [-0.05, 0) is 50.6 Å². The van der Waals surface area contributed by atoms with Gasteiger partial charge in [-0.2, -0.15) is 0 Å². The molecule has 0 aliphatic rings. The van der Waals surface area contributed by atoms with Crippen molar-refractivity contribution in [2.24, 2.45) is 0 Å². The molecule has 0 radical (unpaired) electrons. The van der Waals surface area contributed by atoms with Gasteiger partial charge in [0, 0.05) is 12.2 Å². The van der Waals surface area contributed by atoms with Crippen molar-refractivity contribution < 1.29 is 4.74 Å². The van der Waals surface area contributed by atoms with Gasteiger partial charge in [0.1, 0.15) is 11.4 Å². The Morgan fingerprint density at radius 2 is 1.70 bits per heavy atom. The lowest BCUT2D eigenvalue weighted by Crippen LogP contribution is -2.23. The zero-order chi connectivity index (χ0) is 14.4. The van der Waals surface area contributed by atoms with E-state index < -0.39 is 0 Å². The second-order valence-electron chi connectivity index (χ2n) is 5.71. The fraction of sp³-hybridized carbons (Fsp3) is 0.294. The Hall–Kier alpha value is -2.00. The summed E-state index contributed by atoms with van der Waals surface area (Å²) in [6.07, 6.45) is 0. The Balaban J connectivity index is 1.88. The van der Waals surface area contributed by atoms with Gasteiger partial charge in [0.25, 0.3) is 0 Å². The predicted molar refractivity (Wildman–Crippen MR) is 83.7 cm³/mol. The smallest absolute Gasteiger partial charge is 0.120 e. The first kappa shape index (κ1) is 14.4. The summed E-state index contributed by atoms with van der Waals surface area (Å²) in [5.74, 6) is 0.900. The first-order valence-corrected chi connectivity index (χ1v) is 6.85. The Morgan fingerprint density at radius 1 is 0.950 bits per heavy atom. The zero-order valence-corrected chi connectivity index (χ0v) is 12.3. The average molecular weight is 270 g/mol. The van der Waals surface area contributed by atoms with E-state index in [0.29, 0.717) is 0 Å². The van der Waals surface area contributed by atoms with Gasteiger partial charge in [-0.25, -0.2) is 5.43 Å². The maximum absolute atomic E-state index is 5.86. The molecular formula is C17H22N2O. The van der Waals surface area contributed by atoms with Crippen LogP contribution in [-0.2, 0) is 6.54 Å². The Bertz CT molecular complexity index is 532. The first-order valence-electron chi connectivity index (χ1n) is 6.85. The van der Waals surface area contributed by atoms with Crippen molar-refractivity contribution in [2.75, 3.05) is 5.43 Å². The molecule has 0 bridgehead atoms. The minimum atomic E-state index is -0.172. The van der Waals surface area contributed by atoms with Gasteiger partial charge in [0.05, 0.1) is 0 Å². The monoisotopic (exact) mass is 270 g/mol. The highest BCUT2D eigenvalue weighted by atomic mass is 16.5. The van der Waals surface area contributed by atoms with Crippen LogP contribution >= 0.6 is 0 Å². The van der Waals surface area contributed by atoms with E-state index >= 15 is 0 Å². The molecule has 0 spiro atoms. The van der Waals surface area contributed by atoms with Crippen LogP contribution in [0.25, 0.3) is 0 Å². The molecule has 3 heteroatoms.